The van der Waals surface area contributed by atoms with E-state index in [4.69, 9.17) is 5.11 Å². The van der Waals surface area contributed by atoms with E-state index < -0.39 is 17.9 Å². The molecule has 1 aromatic heterocycles. The van der Waals surface area contributed by atoms with E-state index in [2.05, 4.69) is 10.3 Å². The van der Waals surface area contributed by atoms with Gasteiger partial charge in [-0.15, -0.1) is 11.3 Å². The third-order valence-corrected chi connectivity index (χ3v) is 4.15. The highest BCUT2D eigenvalue weighted by molar-refractivity contribution is 7.09. The molecule has 122 valence electrons. The third kappa shape index (κ3) is 4.35. The number of hydrogen-bond donors (Lipinski definition) is 2. The largest absolute Gasteiger partial charge is 0.480 e. The molecule has 0 fully saturated rings. The fraction of sp³-hybridized carbons (Fsp3) is 0.312. The fourth-order valence-electron chi connectivity index (χ4n) is 2.03. The molecular formula is C16H17FN2O3S. The quantitative estimate of drug-likeness (QED) is 0.850. The fourth-order valence-corrected chi connectivity index (χ4v) is 2.83. The lowest BCUT2D eigenvalue weighted by molar-refractivity contribution is -0.140. The number of carbonyl (C=O) groups is 2. The van der Waals surface area contributed by atoms with Gasteiger partial charge in [-0.05, 0) is 17.5 Å². The zero-order valence-corrected chi connectivity index (χ0v) is 13.6. The van der Waals surface area contributed by atoms with Crippen LogP contribution in [0.25, 0.3) is 0 Å². The number of carbonyl (C=O) groups excluding carboxylic acids is 1. The summed E-state index contributed by atoms with van der Waals surface area (Å²) < 4.78 is 13.6. The van der Waals surface area contributed by atoms with E-state index in [1.165, 1.54) is 17.4 Å². The van der Waals surface area contributed by atoms with E-state index in [0.717, 1.165) is 0 Å². The van der Waals surface area contributed by atoms with Crippen molar-refractivity contribution >= 4 is 23.2 Å². The molecule has 7 heteroatoms. The van der Waals surface area contributed by atoms with Crippen molar-refractivity contribution < 1.29 is 19.1 Å². The number of amides is 1. The normalized spacial score (nSPS) is 12.2. The second-order valence-electron chi connectivity index (χ2n) is 5.43. The number of hydrogen-bond acceptors (Lipinski definition) is 4. The summed E-state index contributed by atoms with van der Waals surface area (Å²) in [4.78, 5) is 27.4. The molecule has 23 heavy (non-hydrogen) atoms. The van der Waals surface area contributed by atoms with Crippen LogP contribution in [-0.2, 0) is 11.2 Å². The predicted octanol–water partition coefficient (Wildman–Crippen LogP) is 2.71. The number of aromatic nitrogens is 1. The molecule has 2 rings (SSSR count). The molecule has 0 bridgehead atoms. The van der Waals surface area contributed by atoms with Gasteiger partial charge in [0.05, 0.1) is 5.01 Å². The Kier molecular flexibility index (Phi) is 5.44. The molecule has 2 aromatic rings. The Morgan fingerprint density at radius 1 is 1.35 bits per heavy atom. The topological polar surface area (TPSA) is 79.3 Å². The Hall–Kier alpha value is -2.28. The average molecular weight is 336 g/mol. The first-order valence-electron chi connectivity index (χ1n) is 7.10. The first-order chi connectivity index (χ1) is 10.9. The second-order valence-corrected chi connectivity index (χ2v) is 6.37. The Morgan fingerprint density at radius 3 is 2.65 bits per heavy atom. The van der Waals surface area contributed by atoms with Crippen LogP contribution in [0.3, 0.4) is 0 Å². The van der Waals surface area contributed by atoms with Crippen molar-refractivity contribution in [1.82, 2.24) is 10.3 Å². The molecule has 0 aliphatic carbocycles. The van der Waals surface area contributed by atoms with E-state index in [1.54, 1.807) is 37.4 Å². The molecule has 1 heterocycles. The van der Waals surface area contributed by atoms with Crippen LogP contribution in [0.5, 0.6) is 0 Å². The minimum absolute atomic E-state index is 0.147. The van der Waals surface area contributed by atoms with E-state index in [9.17, 15) is 14.0 Å². The van der Waals surface area contributed by atoms with Gasteiger partial charge < -0.3 is 10.4 Å². The minimum Gasteiger partial charge on any atom is -0.480 e. The zero-order chi connectivity index (χ0) is 17.0. The minimum atomic E-state index is -1.09. The van der Waals surface area contributed by atoms with Crippen LogP contribution >= 0.6 is 11.3 Å². The van der Waals surface area contributed by atoms with Crippen molar-refractivity contribution in [1.29, 1.82) is 0 Å². The summed E-state index contributed by atoms with van der Waals surface area (Å²) in [7, 11) is 0. The summed E-state index contributed by atoms with van der Waals surface area (Å²) in [6.07, 6.45) is 0.289. The van der Waals surface area contributed by atoms with Gasteiger partial charge in [0.25, 0.3) is 5.91 Å². The summed E-state index contributed by atoms with van der Waals surface area (Å²) in [6.45, 7) is 3.42. The van der Waals surface area contributed by atoms with Crippen molar-refractivity contribution in [3.8, 4) is 0 Å². The first-order valence-corrected chi connectivity index (χ1v) is 7.98. The van der Waals surface area contributed by atoms with Gasteiger partial charge >= 0.3 is 5.97 Å². The standard InChI is InChI=1S/C16H17FN2O3S/c1-9(2)14(16(21)22)19-15(20)12-8-23-13(18-12)7-10-5-3-4-6-11(10)17/h3-6,8-9,14H,7H2,1-2H3,(H,19,20)(H,21,22)/t14-/m1/s1. The number of carboxylic acids is 1. The molecule has 0 spiro atoms. The number of rotatable bonds is 6. The first kappa shape index (κ1) is 17.1. The van der Waals surface area contributed by atoms with Crippen LogP contribution in [0, 0.1) is 11.7 Å². The van der Waals surface area contributed by atoms with Gasteiger partial charge in [-0.2, -0.15) is 0 Å². The Balaban J connectivity index is 2.08. The van der Waals surface area contributed by atoms with Gasteiger partial charge in [0.15, 0.2) is 0 Å². The maximum Gasteiger partial charge on any atom is 0.326 e. The number of nitrogens with one attached hydrogen (secondary N) is 1. The lowest BCUT2D eigenvalue weighted by Crippen LogP contribution is -2.44. The van der Waals surface area contributed by atoms with Gasteiger partial charge in [-0.25, -0.2) is 14.2 Å². The van der Waals surface area contributed by atoms with Crippen molar-refractivity contribution in [2.45, 2.75) is 26.3 Å². The van der Waals surface area contributed by atoms with Gasteiger partial charge in [0.1, 0.15) is 17.6 Å². The molecule has 1 atom stereocenters. The lowest BCUT2D eigenvalue weighted by Gasteiger charge is -2.16. The van der Waals surface area contributed by atoms with Crippen molar-refractivity contribution in [3.05, 3.63) is 51.7 Å². The highest BCUT2D eigenvalue weighted by atomic mass is 32.1. The highest BCUT2D eigenvalue weighted by Crippen LogP contribution is 2.17. The maximum absolute atomic E-state index is 13.6. The number of nitrogens with zero attached hydrogens (tertiary/aromatic N) is 1. The van der Waals surface area contributed by atoms with Gasteiger partial charge in [0, 0.05) is 11.8 Å². The number of aliphatic carboxylic acids is 1. The maximum atomic E-state index is 13.6. The van der Waals surface area contributed by atoms with Crippen LogP contribution < -0.4 is 5.32 Å². The molecule has 0 radical (unpaired) electrons. The molecule has 0 aliphatic rings. The number of benzene rings is 1. The smallest absolute Gasteiger partial charge is 0.326 e. The Labute approximate surface area is 137 Å². The molecule has 1 aromatic carbocycles. The average Bonchev–Trinajstić information content (AvgIpc) is 2.95. The van der Waals surface area contributed by atoms with Crippen LogP contribution in [0.15, 0.2) is 29.6 Å². The number of thiazole rings is 1. The SMILES string of the molecule is CC(C)[C@@H](NC(=O)c1csc(Cc2ccccc2F)n1)C(=O)O. The molecule has 5 nitrogen and oxygen atoms in total. The molecule has 2 N–H and O–H groups in total. The number of carboxylic acid groups (broad SMARTS) is 1. The highest BCUT2D eigenvalue weighted by Gasteiger charge is 2.25. The second kappa shape index (κ2) is 7.32. The van der Waals surface area contributed by atoms with Gasteiger partial charge in [0.2, 0.25) is 0 Å². The van der Waals surface area contributed by atoms with Crippen molar-refractivity contribution in [2.75, 3.05) is 0 Å². The van der Waals surface area contributed by atoms with E-state index in [-0.39, 0.29) is 23.8 Å². The summed E-state index contributed by atoms with van der Waals surface area (Å²) in [5, 5.41) is 13.7. The molecule has 0 unspecified atom stereocenters. The summed E-state index contributed by atoms with van der Waals surface area (Å²) in [5.74, 6) is -2.19. The predicted molar refractivity (Wildman–Crippen MR) is 85.0 cm³/mol. The number of halogens is 1. The molecular weight excluding hydrogens is 319 g/mol. The summed E-state index contributed by atoms with van der Waals surface area (Å²) >= 11 is 1.24. The molecule has 0 aliphatic heterocycles. The van der Waals surface area contributed by atoms with Crippen LogP contribution in [0.4, 0.5) is 4.39 Å². The van der Waals surface area contributed by atoms with Crippen molar-refractivity contribution in [2.24, 2.45) is 5.92 Å². The molecule has 0 saturated heterocycles. The monoisotopic (exact) mass is 336 g/mol. The van der Waals surface area contributed by atoms with Crippen LogP contribution in [-0.4, -0.2) is 28.0 Å². The van der Waals surface area contributed by atoms with Gasteiger partial charge in [-0.3, -0.25) is 4.79 Å². The molecule has 1 amide bonds. The van der Waals surface area contributed by atoms with Crippen LogP contribution in [0.2, 0.25) is 0 Å². The van der Waals surface area contributed by atoms with Gasteiger partial charge in [-0.1, -0.05) is 32.0 Å². The van der Waals surface area contributed by atoms with Crippen molar-refractivity contribution in [3.63, 3.8) is 0 Å². The van der Waals surface area contributed by atoms with Crippen LogP contribution in [0.1, 0.15) is 34.9 Å². The van der Waals surface area contributed by atoms with E-state index in [0.29, 0.717) is 10.6 Å². The summed E-state index contributed by atoms with van der Waals surface area (Å²) in [5.41, 5.74) is 0.646. The Morgan fingerprint density at radius 2 is 2.04 bits per heavy atom. The third-order valence-electron chi connectivity index (χ3n) is 3.30. The van der Waals surface area contributed by atoms with E-state index >= 15 is 0 Å². The zero-order valence-electron chi connectivity index (χ0n) is 12.7. The summed E-state index contributed by atoms with van der Waals surface area (Å²) in [6, 6.07) is 5.41. The van der Waals surface area contributed by atoms with E-state index in [1.807, 2.05) is 0 Å². The Bertz CT molecular complexity index is 715. The lowest BCUT2D eigenvalue weighted by atomic mass is 10.0. The molecule has 0 saturated carbocycles.